The van der Waals surface area contributed by atoms with Crippen LogP contribution in [0.2, 0.25) is 0 Å². The molecule has 5 nitrogen and oxygen atoms in total. The van der Waals surface area contributed by atoms with Crippen LogP contribution in [-0.2, 0) is 26.2 Å². The number of nitrogens with zero attached hydrogens (tertiary/aromatic N) is 1. The summed E-state index contributed by atoms with van der Waals surface area (Å²) in [6.07, 6.45) is -11.3. The Labute approximate surface area is 191 Å². The lowest BCUT2D eigenvalue weighted by molar-refractivity contribution is -0.400. The summed E-state index contributed by atoms with van der Waals surface area (Å²) in [7, 11) is 0.924. The highest BCUT2D eigenvalue weighted by Gasteiger charge is 2.73. The van der Waals surface area contributed by atoms with E-state index in [0.717, 1.165) is 19.2 Å². The van der Waals surface area contributed by atoms with Crippen LogP contribution >= 0.6 is 0 Å². The smallest absolute Gasteiger partial charge is 0.430 e. The van der Waals surface area contributed by atoms with Gasteiger partial charge in [-0.2, -0.15) is 31.6 Å². The first kappa shape index (κ1) is 25.8. The van der Waals surface area contributed by atoms with E-state index in [4.69, 9.17) is 9.47 Å². The lowest BCUT2D eigenvalue weighted by Gasteiger charge is -2.37. The highest BCUT2D eigenvalue weighted by atomic mass is 19.4. The Balaban J connectivity index is 2.05. The maximum absolute atomic E-state index is 13.9. The molecule has 2 aromatic carbocycles. The van der Waals surface area contributed by atoms with E-state index < -0.39 is 30.3 Å². The minimum absolute atomic E-state index is 0.0647. The fraction of sp³-hybridized carbons (Fsp3) is 0.435. The first-order valence-corrected chi connectivity index (χ1v) is 10.2. The van der Waals surface area contributed by atoms with Gasteiger partial charge in [-0.1, -0.05) is 25.5 Å². The first-order valence-electron chi connectivity index (χ1n) is 10.2. The third-order valence-corrected chi connectivity index (χ3v) is 5.23. The summed E-state index contributed by atoms with van der Waals surface area (Å²) < 4.78 is 103. The molecule has 1 fully saturated rings. The Bertz CT molecular complexity index is 1040. The van der Waals surface area contributed by atoms with Crippen molar-refractivity contribution in [1.29, 1.82) is 5.26 Å². The molecule has 1 heterocycles. The normalized spacial score (nSPS) is 16.3. The monoisotopic (exact) mass is 489 g/mol. The Morgan fingerprint density at radius 2 is 1.74 bits per heavy atom. The molecule has 0 saturated carbocycles. The molecule has 11 heteroatoms. The molecule has 0 radical (unpaired) electrons. The Kier molecular flexibility index (Phi) is 7.45. The molecule has 0 spiro atoms. The van der Waals surface area contributed by atoms with Gasteiger partial charge in [-0.15, -0.1) is 0 Å². The van der Waals surface area contributed by atoms with Gasteiger partial charge in [-0.05, 0) is 36.2 Å². The predicted octanol–water partition coefficient (Wildman–Crippen LogP) is 6.31. The number of nitriles is 1. The summed E-state index contributed by atoms with van der Waals surface area (Å²) in [6.45, 7) is 0.980. The largest absolute Gasteiger partial charge is 0.457 e. The van der Waals surface area contributed by atoms with E-state index in [1.165, 1.54) is 6.07 Å². The van der Waals surface area contributed by atoms with Crippen LogP contribution in [-0.4, -0.2) is 32.9 Å². The van der Waals surface area contributed by atoms with Crippen LogP contribution in [0.3, 0.4) is 0 Å². The minimum atomic E-state index is -5.82. The van der Waals surface area contributed by atoms with Crippen molar-refractivity contribution in [3.05, 3.63) is 58.7 Å². The summed E-state index contributed by atoms with van der Waals surface area (Å²) in [6, 6.07) is 9.15. The number of aryl methyl sites for hydroxylation is 1. The summed E-state index contributed by atoms with van der Waals surface area (Å²) in [5.41, 5.74) is -4.63. The molecule has 1 atom stereocenters. The van der Waals surface area contributed by atoms with Gasteiger partial charge in [0.1, 0.15) is 24.4 Å². The van der Waals surface area contributed by atoms with Gasteiger partial charge < -0.3 is 18.9 Å². The van der Waals surface area contributed by atoms with Crippen molar-refractivity contribution in [3.8, 4) is 17.6 Å². The summed E-state index contributed by atoms with van der Waals surface area (Å²) in [4.78, 5) is 0. The van der Waals surface area contributed by atoms with E-state index in [1.54, 1.807) is 19.1 Å². The molecular weight excluding hydrogens is 468 g/mol. The Morgan fingerprint density at radius 3 is 2.26 bits per heavy atom. The van der Waals surface area contributed by atoms with Gasteiger partial charge in [0.05, 0.1) is 18.2 Å². The van der Waals surface area contributed by atoms with Gasteiger partial charge in [-0.25, -0.2) is 0 Å². The molecule has 1 aliphatic rings. The highest BCUT2D eigenvalue weighted by molar-refractivity contribution is 5.48. The molecule has 184 valence electrons. The van der Waals surface area contributed by atoms with Crippen LogP contribution in [0.25, 0.3) is 0 Å². The molecule has 1 saturated heterocycles. The van der Waals surface area contributed by atoms with Crippen LogP contribution < -0.4 is 4.74 Å². The lowest BCUT2D eigenvalue weighted by atomic mass is 9.89. The van der Waals surface area contributed by atoms with Gasteiger partial charge in [-0.3, -0.25) is 0 Å². The van der Waals surface area contributed by atoms with Crippen LogP contribution in [0.15, 0.2) is 36.4 Å². The number of hydrogen-bond donors (Lipinski definition) is 0. The van der Waals surface area contributed by atoms with Crippen molar-refractivity contribution in [2.45, 2.75) is 43.8 Å². The number of halogens is 6. The molecule has 0 bridgehead atoms. The molecule has 1 aliphatic heterocycles. The standard InChI is InChI=1S/C23H21F6NO4/c1-3-4-14-9-16(21(22(24,25)26,23(27,28)29)33-13-31-2)5-8-19(14)34-17-6-7-18(20-12-32-20)15(10-17)11-30/h5-10,20H,3-4,12-13H2,1-2H3. The molecule has 0 aliphatic carbocycles. The molecule has 0 N–H and O–H groups in total. The maximum atomic E-state index is 13.9. The number of ether oxygens (including phenoxy) is 4. The minimum Gasteiger partial charge on any atom is -0.457 e. The van der Waals surface area contributed by atoms with Crippen molar-refractivity contribution < 1.29 is 45.3 Å². The molecule has 3 rings (SSSR count). The average molecular weight is 489 g/mol. The lowest BCUT2D eigenvalue weighted by Crippen LogP contribution is -2.56. The second-order valence-electron chi connectivity index (χ2n) is 7.58. The van der Waals surface area contributed by atoms with Gasteiger partial charge >= 0.3 is 12.4 Å². The van der Waals surface area contributed by atoms with Crippen molar-refractivity contribution in [3.63, 3.8) is 0 Å². The molecular formula is C23H21F6NO4. The fourth-order valence-corrected chi connectivity index (χ4v) is 3.58. The second kappa shape index (κ2) is 9.82. The summed E-state index contributed by atoms with van der Waals surface area (Å²) in [5, 5.41) is 9.38. The first-order chi connectivity index (χ1) is 16.0. The van der Waals surface area contributed by atoms with Gasteiger partial charge in [0.25, 0.3) is 5.60 Å². The van der Waals surface area contributed by atoms with Crippen LogP contribution in [0, 0.1) is 11.3 Å². The Morgan fingerprint density at radius 1 is 1.06 bits per heavy atom. The maximum Gasteiger partial charge on any atom is 0.430 e. The SMILES string of the molecule is CCCc1cc(C(OCOC)(C(F)(F)F)C(F)(F)F)ccc1Oc1ccc(C2CO2)c(C#N)c1. The molecule has 0 amide bonds. The number of methoxy groups -OCH3 is 1. The predicted molar refractivity (Wildman–Crippen MR) is 107 cm³/mol. The fourth-order valence-electron chi connectivity index (χ4n) is 3.58. The third-order valence-electron chi connectivity index (χ3n) is 5.23. The number of rotatable bonds is 9. The van der Waals surface area contributed by atoms with Crippen LogP contribution in [0.5, 0.6) is 11.5 Å². The summed E-state index contributed by atoms with van der Waals surface area (Å²) >= 11 is 0. The molecule has 34 heavy (non-hydrogen) atoms. The van der Waals surface area contributed by atoms with Crippen LogP contribution in [0.4, 0.5) is 26.3 Å². The van der Waals surface area contributed by atoms with Crippen molar-refractivity contribution in [2.75, 3.05) is 20.5 Å². The van der Waals surface area contributed by atoms with Crippen LogP contribution in [0.1, 0.15) is 41.7 Å². The number of hydrogen-bond acceptors (Lipinski definition) is 5. The highest BCUT2D eigenvalue weighted by Crippen LogP contribution is 2.53. The zero-order valence-corrected chi connectivity index (χ0v) is 18.2. The van der Waals surface area contributed by atoms with Crippen molar-refractivity contribution in [1.82, 2.24) is 0 Å². The van der Waals surface area contributed by atoms with Crippen molar-refractivity contribution in [2.24, 2.45) is 0 Å². The average Bonchev–Trinajstić information content (AvgIpc) is 3.59. The third kappa shape index (κ3) is 4.99. The second-order valence-corrected chi connectivity index (χ2v) is 7.58. The molecule has 1 unspecified atom stereocenters. The van der Waals surface area contributed by atoms with Gasteiger partial charge in [0, 0.05) is 18.2 Å². The Hall–Kier alpha value is -2.81. The molecule has 2 aromatic rings. The van der Waals surface area contributed by atoms with Crippen molar-refractivity contribution >= 4 is 0 Å². The van der Waals surface area contributed by atoms with Gasteiger partial charge in [0.2, 0.25) is 0 Å². The number of epoxide rings is 1. The number of alkyl halides is 6. The van der Waals surface area contributed by atoms with E-state index in [1.807, 2.05) is 6.07 Å². The topological polar surface area (TPSA) is 64.0 Å². The molecule has 0 aromatic heterocycles. The zero-order valence-electron chi connectivity index (χ0n) is 18.2. The van der Waals surface area contributed by atoms with E-state index in [2.05, 4.69) is 9.47 Å². The van der Waals surface area contributed by atoms with E-state index >= 15 is 0 Å². The quantitative estimate of drug-likeness (QED) is 0.235. The summed E-state index contributed by atoms with van der Waals surface area (Å²) in [5.74, 6) is 0.273. The van der Waals surface area contributed by atoms with Gasteiger partial charge in [0.15, 0.2) is 0 Å². The van der Waals surface area contributed by atoms with E-state index in [9.17, 15) is 31.6 Å². The van der Waals surface area contributed by atoms with E-state index in [-0.39, 0.29) is 29.6 Å². The number of benzene rings is 2. The zero-order chi connectivity index (χ0) is 25.1. The van der Waals surface area contributed by atoms with E-state index in [0.29, 0.717) is 30.2 Å².